The molecule has 2 aromatic rings. The molecule has 0 radical (unpaired) electrons. The molecule has 1 saturated heterocycles. The summed E-state index contributed by atoms with van der Waals surface area (Å²) in [6, 6.07) is 15.3. The first kappa shape index (κ1) is 20.6. The number of anilines is 1. The molecule has 29 heavy (non-hydrogen) atoms. The number of hydrogen-bond acceptors (Lipinski definition) is 4. The van der Waals surface area contributed by atoms with Crippen LogP contribution in [0, 0.1) is 19.8 Å². The maximum absolute atomic E-state index is 12.4. The Bertz CT molecular complexity index is 910. The van der Waals surface area contributed by atoms with E-state index >= 15 is 0 Å². The highest BCUT2D eigenvalue weighted by Gasteiger charge is 2.38. The number of rotatable bonds is 6. The smallest absolute Gasteiger partial charge is 0.311 e. The minimum atomic E-state index is -0.553. The zero-order valence-electron chi connectivity index (χ0n) is 17.0. The Morgan fingerprint density at radius 1 is 1.17 bits per heavy atom. The lowest BCUT2D eigenvalue weighted by atomic mass is 10.1. The van der Waals surface area contributed by atoms with Gasteiger partial charge in [-0.3, -0.25) is 14.4 Å². The Balaban J connectivity index is 1.52. The van der Waals surface area contributed by atoms with E-state index in [0.717, 1.165) is 16.7 Å². The maximum Gasteiger partial charge on any atom is 0.311 e. The number of aryl methyl sites for hydroxylation is 2. The van der Waals surface area contributed by atoms with Crippen molar-refractivity contribution in [2.75, 3.05) is 18.5 Å². The zero-order valence-corrected chi connectivity index (χ0v) is 17.0. The van der Waals surface area contributed by atoms with Crippen LogP contribution in [0.3, 0.4) is 0 Å². The molecular formula is C23H26N2O4. The highest BCUT2D eigenvalue weighted by molar-refractivity contribution is 5.94. The van der Waals surface area contributed by atoms with Gasteiger partial charge >= 0.3 is 5.97 Å². The van der Waals surface area contributed by atoms with E-state index in [1.54, 1.807) is 4.90 Å². The Labute approximate surface area is 170 Å². The normalized spacial score (nSPS) is 17.1. The fraction of sp³-hybridized carbons (Fsp3) is 0.348. The van der Waals surface area contributed by atoms with Gasteiger partial charge in [0.15, 0.2) is 6.61 Å². The van der Waals surface area contributed by atoms with Crippen LogP contribution in [0.5, 0.6) is 0 Å². The average Bonchev–Trinajstić information content (AvgIpc) is 3.10. The Hall–Kier alpha value is -3.15. The van der Waals surface area contributed by atoms with E-state index in [4.69, 9.17) is 4.74 Å². The minimum Gasteiger partial charge on any atom is -0.455 e. The Kier molecular flexibility index (Phi) is 6.32. The van der Waals surface area contributed by atoms with Crippen LogP contribution in [0.1, 0.15) is 36.1 Å². The van der Waals surface area contributed by atoms with Crippen LogP contribution in [0.15, 0.2) is 48.5 Å². The zero-order chi connectivity index (χ0) is 21.0. The van der Waals surface area contributed by atoms with Crippen molar-refractivity contribution >= 4 is 23.5 Å². The topological polar surface area (TPSA) is 75.7 Å². The van der Waals surface area contributed by atoms with Crippen molar-refractivity contribution in [1.82, 2.24) is 4.90 Å². The van der Waals surface area contributed by atoms with Gasteiger partial charge < -0.3 is 15.0 Å². The lowest BCUT2D eigenvalue weighted by molar-refractivity contribution is -0.151. The lowest BCUT2D eigenvalue weighted by Gasteiger charge is -2.25. The molecule has 2 amide bonds. The van der Waals surface area contributed by atoms with E-state index in [-0.39, 0.29) is 25.0 Å². The highest BCUT2D eigenvalue weighted by atomic mass is 16.5. The van der Waals surface area contributed by atoms with Gasteiger partial charge in [-0.05, 0) is 38.0 Å². The molecule has 6 heteroatoms. The van der Waals surface area contributed by atoms with Crippen molar-refractivity contribution in [3.8, 4) is 0 Å². The van der Waals surface area contributed by atoms with Crippen LogP contribution in [0.4, 0.5) is 5.69 Å². The van der Waals surface area contributed by atoms with E-state index < -0.39 is 17.8 Å². The second kappa shape index (κ2) is 8.90. The number of amides is 2. The average molecular weight is 394 g/mol. The predicted molar refractivity (Wildman–Crippen MR) is 110 cm³/mol. The van der Waals surface area contributed by atoms with Crippen molar-refractivity contribution in [2.24, 2.45) is 5.92 Å². The van der Waals surface area contributed by atoms with Crippen molar-refractivity contribution in [3.05, 3.63) is 65.2 Å². The predicted octanol–water partition coefficient (Wildman–Crippen LogP) is 3.39. The third-order valence-corrected chi connectivity index (χ3v) is 5.24. The number of nitrogens with one attached hydrogen (secondary N) is 1. The quantitative estimate of drug-likeness (QED) is 0.762. The molecule has 1 heterocycles. The van der Waals surface area contributed by atoms with E-state index in [2.05, 4.69) is 5.32 Å². The first-order valence-corrected chi connectivity index (χ1v) is 9.73. The molecule has 0 aliphatic carbocycles. The number of nitrogens with zero attached hydrogens (tertiary/aromatic N) is 1. The number of ether oxygens (including phenoxy) is 1. The molecule has 1 aliphatic heterocycles. The molecule has 0 saturated carbocycles. The van der Waals surface area contributed by atoms with Gasteiger partial charge in [0.2, 0.25) is 5.91 Å². The monoisotopic (exact) mass is 394 g/mol. The van der Waals surface area contributed by atoms with Crippen LogP contribution < -0.4 is 5.32 Å². The molecule has 2 aromatic carbocycles. The lowest BCUT2D eigenvalue weighted by Crippen LogP contribution is -2.30. The molecule has 0 spiro atoms. The van der Waals surface area contributed by atoms with Gasteiger partial charge in [0, 0.05) is 18.7 Å². The van der Waals surface area contributed by atoms with Crippen LogP contribution in [-0.4, -0.2) is 35.8 Å². The van der Waals surface area contributed by atoms with Crippen molar-refractivity contribution in [2.45, 2.75) is 33.2 Å². The summed E-state index contributed by atoms with van der Waals surface area (Å²) >= 11 is 0. The Morgan fingerprint density at radius 3 is 2.59 bits per heavy atom. The summed E-state index contributed by atoms with van der Waals surface area (Å²) in [5.41, 5.74) is 3.75. The third kappa shape index (κ3) is 5.02. The fourth-order valence-corrected chi connectivity index (χ4v) is 3.57. The summed E-state index contributed by atoms with van der Waals surface area (Å²) in [5, 5.41) is 2.75. The SMILES string of the molecule is Cc1ccc(NC(=O)COC(=O)[C@H]2CC(=O)N([C@@H](C)c3ccccc3)C2)c(C)c1. The largest absolute Gasteiger partial charge is 0.455 e. The maximum atomic E-state index is 12.4. The van der Waals surface area contributed by atoms with Crippen molar-refractivity contribution < 1.29 is 19.1 Å². The number of carbonyl (C=O) groups is 3. The van der Waals surface area contributed by atoms with Gasteiger partial charge in [0.25, 0.3) is 5.91 Å². The van der Waals surface area contributed by atoms with Crippen LogP contribution in [-0.2, 0) is 19.1 Å². The van der Waals surface area contributed by atoms with Crippen LogP contribution in [0.2, 0.25) is 0 Å². The van der Waals surface area contributed by atoms with Gasteiger partial charge in [-0.15, -0.1) is 0 Å². The summed E-state index contributed by atoms with van der Waals surface area (Å²) in [7, 11) is 0. The second-order valence-electron chi connectivity index (χ2n) is 7.51. The molecule has 0 aromatic heterocycles. The number of hydrogen-bond donors (Lipinski definition) is 1. The van der Waals surface area contributed by atoms with Gasteiger partial charge in [-0.1, -0.05) is 48.0 Å². The number of esters is 1. The summed E-state index contributed by atoms with van der Waals surface area (Å²) in [4.78, 5) is 38.6. The highest BCUT2D eigenvalue weighted by Crippen LogP contribution is 2.29. The first-order chi connectivity index (χ1) is 13.8. The summed E-state index contributed by atoms with van der Waals surface area (Å²) in [6.45, 7) is 5.75. The summed E-state index contributed by atoms with van der Waals surface area (Å²) < 4.78 is 5.18. The molecule has 3 rings (SSSR count). The van der Waals surface area contributed by atoms with Crippen LogP contribution >= 0.6 is 0 Å². The molecule has 0 bridgehead atoms. The second-order valence-corrected chi connectivity index (χ2v) is 7.51. The molecule has 6 nitrogen and oxygen atoms in total. The van der Waals surface area contributed by atoms with E-state index in [0.29, 0.717) is 12.2 Å². The fourth-order valence-electron chi connectivity index (χ4n) is 3.57. The van der Waals surface area contributed by atoms with Gasteiger partial charge in [0.05, 0.1) is 12.0 Å². The Morgan fingerprint density at radius 2 is 1.90 bits per heavy atom. The van der Waals surface area contributed by atoms with E-state index in [9.17, 15) is 14.4 Å². The van der Waals surface area contributed by atoms with Gasteiger partial charge in [-0.2, -0.15) is 0 Å². The van der Waals surface area contributed by atoms with E-state index in [1.807, 2.05) is 69.3 Å². The van der Waals surface area contributed by atoms with Crippen LogP contribution in [0.25, 0.3) is 0 Å². The summed E-state index contributed by atoms with van der Waals surface area (Å²) in [5.74, 6) is -1.55. The minimum absolute atomic E-state index is 0.0805. The molecule has 0 unspecified atom stereocenters. The van der Waals surface area contributed by atoms with Crippen molar-refractivity contribution in [3.63, 3.8) is 0 Å². The van der Waals surface area contributed by atoms with Gasteiger partial charge in [0.1, 0.15) is 0 Å². The molecular weight excluding hydrogens is 368 g/mol. The molecule has 1 fully saturated rings. The molecule has 152 valence electrons. The molecule has 1 aliphatic rings. The summed E-state index contributed by atoms with van der Waals surface area (Å²) in [6.07, 6.45) is 0.106. The third-order valence-electron chi connectivity index (χ3n) is 5.24. The molecule has 1 N–H and O–H groups in total. The first-order valence-electron chi connectivity index (χ1n) is 9.73. The molecule has 2 atom stereocenters. The van der Waals surface area contributed by atoms with E-state index in [1.165, 1.54) is 0 Å². The van der Waals surface area contributed by atoms with Crippen molar-refractivity contribution in [1.29, 1.82) is 0 Å². The van der Waals surface area contributed by atoms with Gasteiger partial charge in [-0.25, -0.2) is 0 Å². The standard InChI is InChI=1S/C23H26N2O4/c1-15-9-10-20(16(2)11-15)24-21(26)14-29-23(28)19-12-22(27)25(13-19)17(3)18-7-5-4-6-8-18/h4-11,17,19H,12-14H2,1-3H3,(H,24,26)/t17-,19-/m0/s1. The number of carbonyl (C=O) groups excluding carboxylic acids is 3. The number of benzene rings is 2. The number of likely N-dealkylation sites (tertiary alicyclic amines) is 1.